The van der Waals surface area contributed by atoms with E-state index in [1.807, 2.05) is 13.8 Å². The van der Waals surface area contributed by atoms with E-state index in [1.165, 1.54) is 0 Å². The van der Waals surface area contributed by atoms with Crippen LogP contribution in [0.5, 0.6) is 0 Å². The van der Waals surface area contributed by atoms with E-state index in [2.05, 4.69) is 15.9 Å². The summed E-state index contributed by atoms with van der Waals surface area (Å²) in [6, 6.07) is 0. The van der Waals surface area contributed by atoms with Gasteiger partial charge in [0.1, 0.15) is 0 Å². The summed E-state index contributed by atoms with van der Waals surface area (Å²) in [6.45, 7) is 5.66. The molecule has 2 N–H and O–H groups in total. The third-order valence-corrected chi connectivity index (χ3v) is 2.43. The molecule has 4 heteroatoms. The Balaban J connectivity index is 0. The number of rotatable bonds is 3. The van der Waals surface area contributed by atoms with Crippen molar-refractivity contribution in [3.05, 3.63) is 0 Å². The topological polar surface area (TPSA) is 43.1 Å². The lowest BCUT2D eigenvalue weighted by Gasteiger charge is -2.26. The van der Waals surface area contributed by atoms with Crippen molar-refractivity contribution in [3.63, 3.8) is 0 Å². The average molecular weight is 289 g/mol. The molecule has 0 rings (SSSR count). The second kappa shape index (κ2) is 5.27. The number of Topliss-reactive ketones (excluding diaryl/α,β-unsaturated/α-hetero) is 1. The van der Waals surface area contributed by atoms with Crippen molar-refractivity contribution >= 4 is 38.7 Å². The zero-order valence-corrected chi connectivity index (χ0v) is 10.4. The first-order valence-electron chi connectivity index (χ1n) is 3.31. The molecular formula is C7H15Br2NO. The number of hydrogen-bond donors (Lipinski definition) is 1. The minimum Gasteiger partial charge on any atom is -0.319 e. The van der Waals surface area contributed by atoms with E-state index in [0.717, 1.165) is 0 Å². The molecule has 1 atom stereocenters. The van der Waals surface area contributed by atoms with Gasteiger partial charge in [0.25, 0.3) is 0 Å². The van der Waals surface area contributed by atoms with Gasteiger partial charge in [0, 0.05) is 0 Å². The van der Waals surface area contributed by atoms with Crippen LogP contribution in [0.2, 0.25) is 0 Å². The summed E-state index contributed by atoms with van der Waals surface area (Å²) in [7, 11) is 0. The molecule has 0 aromatic heterocycles. The number of alkyl halides is 1. The minimum atomic E-state index is -0.677. The van der Waals surface area contributed by atoms with Gasteiger partial charge in [-0.2, -0.15) is 0 Å². The third-order valence-electron chi connectivity index (χ3n) is 1.92. The third kappa shape index (κ3) is 3.67. The van der Waals surface area contributed by atoms with Crippen LogP contribution in [-0.4, -0.2) is 16.7 Å². The number of ketones is 1. The van der Waals surface area contributed by atoms with Gasteiger partial charge in [-0.25, -0.2) is 0 Å². The molecule has 0 spiro atoms. The fraction of sp³-hybridized carbons (Fsp3) is 0.857. The van der Waals surface area contributed by atoms with E-state index in [4.69, 9.17) is 5.73 Å². The Hall–Kier alpha value is 0.590. The molecular weight excluding hydrogens is 274 g/mol. The first kappa shape index (κ1) is 14.1. The molecule has 1 unspecified atom stereocenters. The second-order valence-corrected chi connectivity index (χ2v) is 3.55. The summed E-state index contributed by atoms with van der Waals surface area (Å²) in [4.78, 5) is 11.1. The summed E-state index contributed by atoms with van der Waals surface area (Å²) in [6.07, 6.45) is 0. The summed E-state index contributed by atoms with van der Waals surface area (Å²) in [5.41, 5.74) is 5.06. The van der Waals surface area contributed by atoms with Crippen LogP contribution in [-0.2, 0) is 4.79 Å². The molecule has 0 saturated carbocycles. The summed E-state index contributed by atoms with van der Waals surface area (Å²) < 4.78 is 0. The van der Waals surface area contributed by atoms with Gasteiger partial charge in [0.15, 0.2) is 5.78 Å². The average Bonchev–Trinajstić information content (AvgIpc) is 1.86. The predicted octanol–water partition coefficient (Wildman–Crippen LogP) is 1.90. The van der Waals surface area contributed by atoms with Crippen molar-refractivity contribution in [2.45, 2.75) is 26.3 Å². The maximum Gasteiger partial charge on any atom is 0.163 e. The Morgan fingerprint density at radius 2 is 2.00 bits per heavy atom. The van der Waals surface area contributed by atoms with E-state index in [1.54, 1.807) is 6.92 Å². The Morgan fingerprint density at radius 1 is 1.64 bits per heavy atom. The molecule has 0 amide bonds. The van der Waals surface area contributed by atoms with Crippen molar-refractivity contribution in [2.75, 3.05) is 5.33 Å². The van der Waals surface area contributed by atoms with Crippen LogP contribution in [0.15, 0.2) is 0 Å². The number of carbonyl (C=O) groups excluding carboxylic acids is 1. The monoisotopic (exact) mass is 287 g/mol. The lowest BCUT2D eigenvalue weighted by atomic mass is 9.86. The molecule has 0 aliphatic heterocycles. The van der Waals surface area contributed by atoms with E-state index in [0.29, 0.717) is 5.33 Å². The quantitative estimate of drug-likeness (QED) is 0.806. The minimum absolute atomic E-state index is 0. The highest BCUT2D eigenvalue weighted by Crippen LogP contribution is 2.14. The SMILES string of the molecule is Br.CC(C)C(C)(N)C(=O)CBr. The highest BCUT2D eigenvalue weighted by atomic mass is 79.9. The Morgan fingerprint density at radius 3 is 2.09 bits per heavy atom. The number of halogens is 2. The molecule has 0 aliphatic rings. The highest BCUT2D eigenvalue weighted by Gasteiger charge is 2.30. The van der Waals surface area contributed by atoms with Crippen LogP contribution >= 0.6 is 32.9 Å². The first-order chi connectivity index (χ1) is 4.42. The zero-order valence-electron chi connectivity index (χ0n) is 7.06. The van der Waals surface area contributed by atoms with Gasteiger partial charge in [-0.15, -0.1) is 17.0 Å². The Labute approximate surface area is 86.8 Å². The van der Waals surface area contributed by atoms with E-state index >= 15 is 0 Å². The second-order valence-electron chi connectivity index (χ2n) is 2.99. The van der Waals surface area contributed by atoms with Crippen LogP contribution < -0.4 is 5.73 Å². The molecule has 68 valence electrons. The van der Waals surface area contributed by atoms with Gasteiger partial charge in [-0.3, -0.25) is 4.79 Å². The molecule has 0 bridgehead atoms. The van der Waals surface area contributed by atoms with Gasteiger partial charge in [0.2, 0.25) is 0 Å². The standard InChI is InChI=1S/C7H14BrNO.BrH/c1-5(2)7(3,9)6(10)4-8;/h5H,4,9H2,1-3H3;1H. The zero-order chi connectivity index (χ0) is 8.36. The normalized spacial score (nSPS) is 15.5. The molecule has 11 heavy (non-hydrogen) atoms. The molecule has 0 aromatic rings. The fourth-order valence-electron chi connectivity index (χ4n) is 0.466. The smallest absolute Gasteiger partial charge is 0.163 e. The maximum absolute atomic E-state index is 11.1. The lowest BCUT2D eigenvalue weighted by molar-refractivity contribution is -0.122. The predicted molar refractivity (Wildman–Crippen MR) is 56.6 cm³/mol. The van der Waals surface area contributed by atoms with E-state index < -0.39 is 5.54 Å². The lowest BCUT2D eigenvalue weighted by Crippen LogP contribution is -2.50. The summed E-state index contributed by atoms with van der Waals surface area (Å²) >= 11 is 3.09. The van der Waals surface area contributed by atoms with Crippen LogP contribution in [0.25, 0.3) is 0 Å². The van der Waals surface area contributed by atoms with E-state index in [9.17, 15) is 4.79 Å². The van der Waals surface area contributed by atoms with Gasteiger partial charge in [-0.05, 0) is 12.8 Å². The molecule has 0 heterocycles. The van der Waals surface area contributed by atoms with E-state index in [-0.39, 0.29) is 28.7 Å². The molecule has 0 aliphatic carbocycles. The van der Waals surface area contributed by atoms with Crippen LogP contribution in [0.4, 0.5) is 0 Å². The van der Waals surface area contributed by atoms with Crippen molar-refractivity contribution in [1.82, 2.24) is 0 Å². The molecule has 0 radical (unpaired) electrons. The molecule has 0 fully saturated rings. The van der Waals surface area contributed by atoms with Gasteiger partial charge in [0.05, 0.1) is 10.9 Å². The largest absolute Gasteiger partial charge is 0.319 e. The Kier molecular flexibility index (Phi) is 6.78. The van der Waals surface area contributed by atoms with Crippen LogP contribution in [0.1, 0.15) is 20.8 Å². The van der Waals surface area contributed by atoms with Crippen LogP contribution in [0.3, 0.4) is 0 Å². The summed E-state index contributed by atoms with van der Waals surface area (Å²) in [5.74, 6) is 0.250. The highest BCUT2D eigenvalue weighted by molar-refractivity contribution is 9.09. The number of hydrogen-bond acceptors (Lipinski definition) is 2. The molecule has 0 aromatic carbocycles. The number of carbonyl (C=O) groups is 1. The van der Waals surface area contributed by atoms with Gasteiger partial charge >= 0.3 is 0 Å². The Bertz CT molecular complexity index is 134. The number of nitrogens with two attached hydrogens (primary N) is 1. The van der Waals surface area contributed by atoms with Gasteiger partial charge < -0.3 is 5.73 Å². The van der Waals surface area contributed by atoms with Crippen LogP contribution in [0, 0.1) is 5.92 Å². The van der Waals surface area contributed by atoms with Crippen molar-refractivity contribution in [2.24, 2.45) is 11.7 Å². The molecule has 2 nitrogen and oxygen atoms in total. The fourth-order valence-corrected chi connectivity index (χ4v) is 1.07. The first-order valence-corrected chi connectivity index (χ1v) is 4.43. The molecule has 0 saturated heterocycles. The van der Waals surface area contributed by atoms with Crippen molar-refractivity contribution in [3.8, 4) is 0 Å². The maximum atomic E-state index is 11.1. The van der Waals surface area contributed by atoms with Gasteiger partial charge in [-0.1, -0.05) is 29.8 Å². The summed E-state index contributed by atoms with van der Waals surface area (Å²) in [5, 5.41) is 0.345. The van der Waals surface area contributed by atoms with Crippen molar-refractivity contribution in [1.29, 1.82) is 0 Å². The van der Waals surface area contributed by atoms with Crippen molar-refractivity contribution < 1.29 is 4.79 Å².